The van der Waals surface area contributed by atoms with Crippen LogP contribution in [0.1, 0.15) is 29.3 Å². The normalized spacial score (nSPS) is 10.4. The Labute approximate surface area is 105 Å². The number of rotatable bonds is 4. The van der Waals surface area contributed by atoms with Crippen LogP contribution in [0.3, 0.4) is 0 Å². The Morgan fingerprint density at radius 3 is 2.53 bits per heavy atom. The van der Waals surface area contributed by atoms with E-state index >= 15 is 0 Å². The molecule has 1 heterocycles. The molecule has 0 bridgehead atoms. The number of benzene rings is 1. The highest BCUT2D eigenvalue weighted by Crippen LogP contribution is 2.27. The van der Waals surface area contributed by atoms with Gasteiger partial charge in [-0.05, 0) is 22.9 Å². The zero-order valence-electron chi connectivity index (χ0n) is 9.64. The summed E-state index contributed by atoms with van der Waals surface area (Å²) in [7, 11) is 0. The quantitative estimate of drug-likeness (QED) is 0.883. The monoisotopic (exact) mass is 246 g/mol. The van der Waals surface area contributed by atoms with Gasteiger partial charge in [0.15, 0.2) is 0 Å². The summed E-state index contributed by atoms with van der Waals surface area (Å²) in [6, 6.07) is 8.14. The Balaban J connectivity index is 2.33. The summed E-state index contributed by atoms with van der Waals surface area (Å²) in [4.78, 5) is 11.0. The van der Waals surface area contributed by atoms with Gasteiger partial charge in [0.2, 0.25) is 0 Å². The highest BCUT2D eigenvalue weighted by atomic mass is 32.1. The second kappa shape index (κ2) is 5.15. The molecule has 0 aliphatic rings. The third-order valence-electron chi connectivity index (χ3n) is 2.70. The molecule has 2 aromatic rings. The number of aryl methyl sites for hydroxylation is 1. The van der Waals surface area contributed by atoms with Crippen molar-refractivity contribution in [2.24, 2.45) is 0 Å². The first-order chi connectivity index (χ1) is 8.22. The Morgan fingerprint density at radius 2 is 1.94 bits per heavy atom. The number of thiophene rings is 1. The van der Waals surface area contributed by atoms with Gasteiger partial charge in [-0.3, -0.25) is 0 Å². The van der Waals surface area contributed by atoms with Crippen LogP contribution in [0.5, 0.6) is 0 Å². The van der Waals surface area contributed by atoms with Crippen molar-refractivity contribution in [3.63, 3.8) is 0 Å². The van der Waals surface area contributed by atoms with Crippen LogP contribution in [-0.2, 0) is 6.42 Å². The van der Waals surface area contributed by atoms with Crippen molar-refractivity contribution < 1.29 is 9.90 Å². The first kappa shape index (κ1) is 11.9. The molecule has 0 atom stereocenters. The molecule has 2 rings (SSSR count). The molecular weight excluding hydrogens is 232 g/mol. The van der Waals surface area contributed by atoms with Crippen molar-refractivity contribution >= 4 is 17.3 Å². The molecular formula is C14H14O2S. The van der Waals surface area contributed by atoms with Gasteiger partial charge in [0.05, 0.1) is 5.56 Å². The van der Waals surface area contributed by atoms with Gasteiger partial charge < -0.3 is 5.11 Å². The number of aromatic carboxylic acids is 1. The minimum absolute atomic E-state index is 0.387. The molecule has 0 saturated heterocycles. The van der Waals surface area contributed by atoms with Gasteiger partial charge in [0, 0.05) is 10.9 Å². The first-order valence-corrected chi connectivity index (χ1v) is 6.55. The topological polar surface area (TPSA) is 37.3 Å². The standard InChI is InChI=1S/C14H14O2S/c1-2-3-10-4-6-11(7-5-10)12-8-17-9-13(12)14(15)16/h4-9H,2-3H2,1H3,(H,15,16). The molecule has 0 aliphatic carbocycles. The molecule has 0 aliphatic heterocycles. The molecule has 1 N–H and O–H groups in total. The van der Waals surface area contributed by atoms with Crippen molar-refractivity contribution in [2.75, 3.05) is 0 Å². The molecule has 0 fully saturated rings. The van der Waals surface area contributed by atoms with E-state index < -0.39 is 5.97 Å². The highest BCUT2D eigenvalue weighted by molar-refractivity contribution is 7.08. The van der Waals surface area contributed by atoms with Crippen molar-refractivity contribution in [2.45, 2.75) is 19.8 Å². The van der Waals surface area contributed by atoms with E-state index in [0.29, 0.717) is 5.56 Å². The van der Waals surface area contributed by atoms with Crippen molar-refractivity contribution in [3.05, 3.63) is 46.2 Å². The molecule has 2 nitrogen and oxygen atoms in total. The minimum atomic E-state index is -0.862. The third kappa shape index (κ3) is 2.56. The average molecular weight is 246 g/mol. The number of carbonyl (C=O) groups is 1. The fourth-order valence-corrected chi connectivity index (χ4v) is 2.66. The van der Waals surface area contributed by atoms with Gasteiger partial charge in [0.25, 0.3) is 0 Å². The van der Waals surface area contributed by atoms with Crippen LogP contribution < -0.4 is 0 Å². The van der Waals surface area contributed by atoms with Gasteiger partial charge in [-0.15, -0.1) is 0 Å². The molecule has 0 amide bonds. The number of carboxylic acids is 1. The van der Waals surface area contributed by atoms with Gasteiger partial charge in [-0.25, -0.2) is 4.79 Å². The van der Waals surface area contributed by atoms with E-state index in [-0.39, 0.29) is 0 Å². The smallest absolute Gasteiger partial charge is 0.337 e. The largest absolute Gasteiger partial charge is 0.478 e. The summed E-state index contributed by atoms with van der Waals surface area (Å²) in [6.07, 6.45) is 2.19. The molecule has 17 heavy (non-hydrogen) atoms. The maximum atomic E-state index is 11.0. The summed E-state index contributed by atoms with van der Waals surface area (Å²) >= 11 is 1.42. The van der Waals surface area contributed by atoms with Crippen LogP contribution in [0.15, 0.2) is 35.0 Å². The third-order valence-corrected chi connectivity index (χ3v) is 3.44. The summed E-state index contributed by atoms with van der Waals surface area (Å²) in [5, 5.41) is 12.6. The minimum Gasteiger partial charge on any atom is -0.478 e. The van der Waals surface area contributed by atoms with Crippen molar-refractivity contribution in [1.29, 1.82) is 0 Å². The molecule has 88 valence electrons. The maximum absolute atomic E-state index is 11.0. The summed E-state index contributed by atoms with van der Waals surface area (Å²) < 4.78 is 0. The fourth-order valence-electron chi connectivity index (χ4n) is 1.83. The fraction of sp³-hybridized carbons (Fsp3) is 0.214. The van der Waals surface area contributed by atoms with Crippen LogP contribution in [0.25, 0.3) is 11.1 Å². The molecule has 1 aromatic heterocycles. The zero-order chi connectivity index (χ0) is 12.3. The van der Waals surface area contributed by atoms with Crippen LogP contribution in [0, 0.1) is 0 Å². The van der Waals surface area contributed by atoms with Crippen molar-refractivity contribution in [1.82, 2.24) is 0 Å². The van der Waals surface area contributed by atoms with E-state index in [2.05, 4.69) is 19.1 Å². The van der Waals surface area contributed by atoms with Gasteiger partial charge in [0.1, 0.15) is 0 Å². The van der Waals surface area contributed by atoms with E-state index in [9.17, 15) is 4.79 Å². The lowest BCUT2D eigenvalue weighted by Gasteiger charge is -2.03. The van der Waals surface area contributed by atoms with Crippen molar-refractivity contribution in [3.8, 4) is 11.1 Å². The predicted molar refractivity (Wildman–Crippen MR) is 70.7 cm³/mol. The second-order valence-corrected chi connectivity index (χ2v) is 4.69. The lowest BCUT2D eigenvalue weighted by atomic mass is 10.0. The second-order valence-electron chi connectivity index (χ2n) is 3.95. The Morgan fingerprint density at radius 1 is 1.24 bits per heavy atom. The van der Waals surface area contributed by atoms with Gasteiger partial charge in [-0.1, -0.05) is 37.6 Å². The molecule has 3 heteroatoms. The van der Waals surface area contributed by atoms with Crippen LogP contribution in [0.4, 0.5) is 0 Å². The Hall–Kier alpha value is -1.61. The first-order valence-electron chi connectivity index (χ1n) is 5.61. The Kier molecular flexibility index (Phi) is 3.59. The molecule has 0 saturated carbocycles. The average Bonchev–Trinajstić information content (AvgIpc) is 2.79. The SMILES string of the molecule is CCCc1ccc(-c2cscc2C(=O)O)cc1. The van der Waals surface area contributed by atoms with E-state index in [0.717, 1.165) is 24.0 Å². The van der Waals surface area contributed by atoms with E-state index in [1.54, 1.807) is 5.38 Å². The lowest BCUT2D eigenvalue weighted by molar-refractivity contribution is 0.0698. The van der Waals surface area contributed by atoms with Crippen LogP contribution >= 0.6 is 11.3 Å². The Bertz CT molecular complexity index is 511. The number of hydrogen-bond acceptors (Lipinski definition) is 2. The van der Waals surface area contributed by atoms with E-state index in [1.165, 1.54) is 16.9 Å². The predicted octanol–water partition coefficient (Wildman–Crippen LogP) is 4.07. The van der Waals surface area contributed by atoms with Gasteiger partial charge >= 0.3 is 5.97 Å². The summed E-state index contributed by atoms with van der Waals surface area (Å²) in [5.41, 5.74) is 3.47. The van der Waals surface area contributed by atoms with E-state index in [1.807, 2.05) is 17.5 Å². The van der Waals surface area contributed by atoms with Gasteiger partial charge in [-0.2, -0.15) is 11.3 Å². The maximum Gasteiger partial charge on any atom is 0.337 e. The molecule has 0 spiro atoms. The molecule has 1 aromatic carbocycles. The van der Waals surface area contributed by atoms with Crippen LogP contribution in [-0.4, -0.2) is 11.1 Å². The number of hydrogen-bond donors (Lipinski definition) is 1. The molecule has 0 unspecified atom stereocenters. The van der Waals surface area contributed by atoms with Crippen LogP contribution in [0.2, 0.25) is 0 Å². The lowest BCUT2D eigenvalue weighted by Crippen LogP contribution is -1.95. The summed E-state index contributed by atoms with van der Waals surface area (Å²) in [5.74, 6) is -0.862. The highest BCUT2D eigenvalue weighted by Gasteiger charge is 2.12. The van der Waals surface area contributed by atoms with E-state index in [4.69, 9.17) is 5.11 Å². The molecule has 0 radical (unpaired) electrons. The zero-order valence-corrected chi connectivity index (χ0v) is 10.5. The number of carboxylic acid groups (broad SMARTS) is 1. The summed E-state index contributed by atoms with van der Waals surface area (Å²) in [6.45, 7) is 2.15.